The molecule has 0 unspecified atom stereocenters. The molecule has 0 aliphatic heterocycles. The number of hydrogen-bond acceptors (Lipinski definition) is 3. The van der Waals surface area contributed by atoms with E-state index in [0.717, 1.165) is 12.1 Å². The normalized spacial score (nSPS) is 10.8. The van der Waals surface area contributed by atoms with Crippen LogP contribution in [0.2, 0.25) is 0 Å². The molecule has 2 aromatic heterocycles. The molecule has 0 aromatic carbocycles. The van der Waals surface area contributed by atoms with Crippen LogP contribution in [-0.4, -0.2) is 20.2 Å². The molecule has 2 N–H and O–H groups in total. The van der Waals surface area contributed by atoms with Crippen LogP contribution >= 0.6 is 0 Å². The van der Waals surface area contributed by atoms with Crippen LogP contribution < -0.4 is 5.56 Å². The molecule has 0 aliphatic carbocycles. The van der Waals surface area contributed by atoms with E-state index in [9.17, 15) is 4.79 Å². The second kappa shape index (κ2) is 2.44. The zero-order valence-electron chi connectivity index (χ0n) is 6.59. The van der Waals surface area contributed by atoms with Crippen LogP contribution in [0.4, 0.5) is 0 Å². The van der Waals surface area contributed by atoms with Crippen LogP contribution in [0.3, 0.4) is 0 Å². The van der Waals surface area contributed by atoms with Gasteiger partial charge in [0.25, 0.3) is 5.56 Å². The van der Waals surface area contributed by atoms with Gasteiger partial charge < -0.3 is 4.98 Å². The lowest BCUT2D eigenvalue weighted by molar-refractivity contribution is 0.983. The zero-order valence-corrected chi connectivity index (χ0v) is 6.59. The first-order valence-electron chi connectivity index (χ1n) is 3.73. The summed E-state index contributed by atoms with van der Waals surface area (Å²) >= 11 is 0. The molecule has 0 saturated carbocycles. The minimum atomic E-state index is -0.134. The number of aryl methyl sites for hydroxylation is 1. The Kier molecular flexibility index (Phi) is 1.43. The van der Waals surface area contributed by atoms with Crippen molar-refractivity contribution in [2.75, 3.05) is 0 Å². The van der Waals surface area contributed by atoms with Crippen molar-refractivity contribution in [3.63, 3.8) is 0 Å². The monoisotopic (exact) mass is 164 g/mol. The molecule has 0 saturated heterocycles. The molecule has 0 radical (unpaired) electrons. The molecule has 0 spiro atoms. The predicted octanol–water partition coefficient (Wildman–Crippen LogP) is 0.209. The van der Waals surface area contributed by atoms with Gasteiger partial charge in [0.05, 0.1) is 12.0 Å². The Morgan fingerprint density at radius 2 is 2.42 bits per heavy atom. The van der Waals surface area contributed by atoms with Gasteiger partial charge in [-0.05, 0) is 6.42 Å². The average molecular weight is 164 g/mol. The van der Waals surface area contributed by atoms with Crippen LogP contribution in [-0.2, 0) is 6.42 Å². The van der Waals surface area contributed by atoms with E-state index < -0.39 is 0 Å². The van der Waals surface area contributed by atoms with Gasteiger partial charge in [0, 0.05) is 0 Å². The maximum absolute atomic E-state index is 11.3. The Bertz CT molecular complexity index is 456. The van der Waals surface area contributed by atoms with Crippen molar-refractivity contribution in [2.24, 2.45) is 0 Å². The van der Waals surface area contributed by atoms with Crippen molar-refractivity contribution in [3.05, 3.63) is 22.4 Å². The fraction of sp³-hybridized carbons (Fsp3) is 0.286. The maximum atomic E-state index is 11.3. The number of fused-ring (bicyclic) bond motifs is 1. The van der Waals surface area contributed by atoms with Crippen molar-refractivity contribution < 1.29 is 0 Å². The molecule has 0 bridgehead atoms. The molecule has 2 aromatic rings. The first-order valence-corrected chi connectivity index (χ1v) is 3.73. The van der Waals surface area contributed by atoms with E-state index in [1.165, 1.54) is 6.33 Å². The SMILES string of the molecule is CCc1n[nH]c2nc[nH]c(=O)c12. The molecule has 12 heavy (non-hydrogen) atoms. The van der Waals surface area contributed by atoms with Gasteiger partial charge in [-0.2, -0.15) is 5.10 Å². The van der Waals surface area contributed by atoms with Gasteiger partial charge in [-0.1, -0.05) is 6.92 Å². The van der Waals surface area contributed by atoms with Gasteiger partial charge in [-0.25, -0.2) is 4.98 Å². The highest BCUT2D eigenvalue weighted by Gasteiger charge is 2.07. The molecule has 0 amide bonds. The van der Waals surface area contributed by atoms with E-state index in [4.69, 9.17) is 0 Å². The number of nitrogens with zero attached hydrogens (tertiary/aromatic N) is 2. The number of H-pyrrole nitrogens is 2. The van der Waals surface area contributed by atoms with E-state index >= 15 is 0 Å². The number of nitrogens with one attached hydrogen (secondary N) is 2. The predicted molar refractivity (Wildman–Crippen MR) is 43.9 cm³/mol. The molecule has 0 fully saturated rings. The van der Waals surface area contributed by atoms with Crippen LogP contribution in [0.1, 0.15) is 12.6 Å². The second-order valence-electron chi connectivity index (χ2n) is 2.48. The Hall–Kier alpha value is -1.65. The smallest absolute Gasteiger partial charge is 0.262 e. The Labute approximate surface area is 67.8 Å². The molecule has 2 heterocycles. The third-order valence-corrected chi connectivity index (χ3v) is 1.77. The first-order chi connectivity index (χ1) is 5.83. The van der Waals surface area contributed by atoms with E-state index in [1.807, 2.05) is 6.92 Å². The number of aromatic amines is 2. The number of rotatable bonds is 1. The van der Waals surface area contributed by atoms with E-state index in [1.54, 1.807) is 0 Å². The summed E-state index contributed by atoms with van der Waals surface area (Å²) in [5.74, 6) is 0. The molecule has 5 nitrogen and oxygen atoms in total. The van der Waals surface area contributed by atoms with Gasteiger partial charge in [0.2, 0.25) is 0 Å². The highest BCUT2D eigenvalue weighted by atomic mass is 16.1. The second-order valence-corrected chi connectivity index (χ2v) is 2.48. The molecule has 2 rings (SSSR count). The Morgan fingerprint density at radius 1 is 1.58 bits per heavy atom. The Morgan fingerprint density at radius 3 is 3.17 bits per heavy atom. The topological polar surface area (TPSA) is 74.4 Å². The molecule has 5 heteroatoms. The quantitative estimate of drug-likeness (QED) is 0.632. The standard InChI is InChI=1S/C7H8N4O/c1-2-4-5-6(11-10-4)8-3-9-7(5)12/h3H,2H2,1H3,(H2,8,9,10,11,12). The minimum Gasteiger partial charge on any atom is -0.312 e. The summed E-state index contributed by atoms with van der Waals surface area (Å²) in [6, 6.07) is 0. The van der Waals surface area contributed by atoms with Crippen LogP contribution in [0, 0.1) is 0 Å². The summed E-state index contributed by atoms with van der Waals surface area (Å²) in [5, 5.41) is 7.24. The lowest BCUT2D eigenvalue weighted by atomic mass is 10.2. The van der Waals surface area contributed by atoms with Gasteiger partial charge in [-0.15, -0.1) is 0 Å². The van der Waals surface area contributed by atoms with Crippen LogP contribution in [0.5, 0.6) is 0 Å². The fourth-order valence-corrected chi connectivity index (χ4v) is 1.18. The molecule has 0 aliphatic rings. The first kappa shape index (κ1) is 7.02. The van der Waals surface area contributed by atoms with Gasteiger partial charge >= 0.3 is 0 Å². The third kappa shape index (κ3) is 0.827. The maximum Gasteiger partial charge on any atom is 0.262 e. The van der Waals surface area contributed by atoms with Gasteiger partial charge in [-0.3, -0.25) is 9.89 Å². The highest BCUT2D eigenvalue weighted by Crippen LogP contribution is 2.06. The molecule has 62 valence electrons. The summed E-state index contributed by atoms with van der Waals surface area (Å²) in [5.41, 5.74) is 1.18. The van der Waals surface area contributed by atoms with Gasteiger partial charge in [0.15, 0.2) is 5.65 Å². The molecule has 0 atom stereocenters. The molecular weight excluding hydrogens is 156 g/mol. The van der Waals surface area contributed by atoms with E-state index in [-0.39, 0.29) is 5.56 Å². The summed E-state index contributed by atoms with van der Waals surface area (Å²) < 4.78 is 0. The third-order valence-electron chi connectivity index (χ3n) is 1.77. The van der Waals surface area contributed by atoms with Gasteiger partial charge in [0.1, 0.15) is 5.39 Å². The van der Waals surface area contributed by atoms with Crippen LogP contribution in [0.15, 0.2) is 11.1 Å². The number of hydrogen-bond donors (Lipinski definition) is 2. The van der Waals surface area contributed by atoms with E-state index in [2.05, 4.69) is 20.2 Å². The minimum absolute atomic E-state index is 0.134. The van der Waals surface area contributed by atoms with Crippen molar-refractivity contribution >= 4 is 11.0 Å². The summed E-state index contributed by atoms with van der Waals surface area (Å²) in [4.78, 5) is 17.7. The summed E-state index contributed by atoms with van der Waals surface area (Å²) in [6.07, 6.45) is 2.09. The lowest BCUT2D eigenvalue weighted by Crippen LogP contribution is -2.06. The van der Waals surface area contributed by atoms with Crippen LogP contribution in [0.25, 0.3) is 11.0 Å². The lowest BCUT2D eigenvalue weighted by Gasteiger charge is -1.87. The summed E-state index contributed by atoms with van der Waals surface area (Å²) in [7, 11) is 0. The average Bonchev–Trinajstić information content (AvgIpc) is 2.49. The zero-order chi connectivity index (χ0) is 8.55. The summed E-state index contributed by atoms with van der Waals surface area (Å²) in [6.45, 7) is 1.95. The van der Waals surface area contributed by atoms with Crippen molar-refractivity contribution in [3.8, 4) is 0 Å². The van der Waals surface area contributed by atoms with Crippen molar-refractivity contribution in [1.82, 2.24) is 20.2 Å². The largest absolute Gasteiger partial charge is 0.312 e. The molecular formula is C7H8N4O. The highest BCUT2D eigenvalue weighted by molar-refractivity contribution is 5.75. The Balaban J connectivity index is 2.92. The fourth-order valence-electron chi connectivity index (χ4n) is 1.18. The number of aromatic nitrogens is 4. The van der Waals surface area contributed by atoms with Crippen molar-refractivity contribution in [1.29, 1.82) is 0 Å². The van der Waals surface area contributed by atoms with E-state index in [0.29, 0.717) is 11.0 Å². The van der Waals surface area contributed by atoms with Crippen molar-refractivity contribution in [2.45, 2.75) is 13.3 Å².